The molecule has 1 N–H and O–H groups in total. The van der Waals surface area contributed by atoms with E-state index < -0.39 is 6.29 Å². The van der Waals surface area contributed by atoms with Crippen molar-refractivity contribution < 1.29 is 24.2 Å². The van der Waals surface area contributed by atoms with Crippen molar-refractivity contribution in [1.82, 2.24) is 0 Å². The fraction of sp³-hybridized carbons (Fsp3) is 0.462. The molecule has 1 aliphatic rings. The van der Waals surface area contributed by atoms with Crippen molar-refractivity contribution in [2.24, 2.45) is 5.16 Å². The second kappa shape index (κ2) is 7.08. The number of ether oxygens (including phenoxy) is 4. The Morgan fingerprint density at radius 3 is 2.89 bits per heavy atom. The van der Waals surface area contributed by atoms with Crippen molar-refractivity contribution in [1.29, 1.82) is 0 Å². The van der Waals surface area contributed by atoms with Gasteiger partial charge in [-0.3, -0.25) is 0 Å². The number of benzene rings is 1. The quantitative estimate of drug-likeness (QED) is 0.382. The molecule has 2 rings (SSSR count). The van der Waals surface area contributed by atoms with Crippen molar-refractivity contribution in [2.75, 3.05) is 27.1 Å². The van der Waals surface area contributed by atoms with Gasteiger partial charge in [-0.25, -0.2) is 0 Å². The van der Waals surface area contributed by atoms with E-state index in [4.69, 9.17) is 24.2 Å². The first-order valence-electron chi connectivity index (χ1n) is 6.02. The third-order valence-corrected chi connectivity index (χ3v) is 2.70. The molecule has 6 nitrogen and oxygen atoms in total. The van der Waals surface area contributed by atoms with Crippen molar-refractivity contribution >= 4 is 6.21 Å². The zero-order chi connectivity index (χ0) is 13.5. The summed E-state index contributed by atoms with van der Waals surface area (Å²) >= 11 is 0. The predicted octanol–water partition coefficient (Wildman–Crippen LogP) is 1.91. The summed E-state index contributed by atoms with van der Waals surface area (Å²) in [5.74, 6) is 0.551. The lowest BCUT2D eigenvalue weighted by Gasteiger charge is -2.25. The van der Waals surface area contributed by atoms with Crippen LogP contribution in [0.4, 0.5) is 0 Å². The maximum atomic E-state index is 8.79. The normalized spacial score (nSPS) is 16.9. The zero-order valence-corrected chi connectivity index (χ0v) is 10.7. The van der Waals surface area contributed by atoms with Gasteiger partial charge in [-0.2, -0.15) is 0 Å². The summed E-state index contributed by atoms with van der Waals surface area (Å²) < 4.78 is 21.4. The molecule has 1 aromatic carbocycles. The first-order chi connectivity index (χ1) is 9.36. The van der Waals surface area contributed by atoms with Gasteiger partial charge in [0.05, 0.1) is 19.4 Å². The van der Waals surface area contributed by atoms with Crippen LogP contribution < -0.4 is 4.74 Å². The smallest absolute Gasteiger partial charge is 0.188 e. The number of rotatable bonds is 5. The molecule has 0 spiro atoms. The van der Waals surface area contributed by atoms with Crippen LogP contribution in [0.5, 0.6) is 5.75 Å². The molecular formula is C13H17NO5. The van der Waals surface area contributed by atoms with Crippen LogP contribution in [-0.2, 0) is 14.2 Å². The molecule has 1 heterocycles. The second-order valence-electron chi connectivity index (χ2n) is 3.98. The van der Waals surface area contributed by atoms with Crippen LogP contribution in [0.25, 0.3) is 0 Å². The Labute approximate surface area is 111 Å². The fourth-order valence-electron chi connectivity index (χ4n) is 1.88. The molecule has 19 heavy (non-hydrogen) atoms. The summed E-state index contributed by atoms with van der Waals surface area (Å²) in [6.45, 7) is 1.40. The first-order valence-corrected chi connectivity index (χ1v) is 6.02. The minimum Gasteiger partial charge on any atom is -0.467 e. The third-order valence-electron chi connectivity index (χ3n) is 2.70. The molecule has 0 atom stereocenters. The van der Waals surface area contributed by atoms with Crippen molar-refractivity contribution in [3.05, 3.63) is 29.3 Å². The van der Waals surface area contributed by atoms with E-state index in [1.807, 2.05) is 12.1 Å². The first kappa shape index (κ1) is 13.8. The Balaban J connectivity index is 2.29. The summed E-state index contributed by atoms with van der Waals surface area (Å²) in [6.07, 6.45) is 1.72. The molecule has 0 amide bonds. The third kappa shape index (κ3) is 3.44. The van der Waals surface area contributed by atoms with Gasteiger partial charge in [-0.05, 0) is 12.5 Å². The molecule has 104 valence electrons. The van der Waals surface area contributed by atoms with Gasteiger partial charge in [-0.15, -0.1) is 0 Å². The highest BCUT2D eigenvalue weighted by Gasteiger charge is 2.21. The molecule has 0 radical (unpaired) electrons. The largest absolute Gasteiger partial charge is 0.467 e. The monoisotopic (exact) mass is 267 g/mol. The average molecular weight is 267 g/mol. The minimum absolute atomic E-state index is 0.113. The van der Waals surface area contributed by atoms with E-state index in [-0.39, 0.29) is 6.79 Å². The average Bonchev–Trinajstić information content (AvgIpc) is 2.47. The molecule has 1 fully saturated rings. The van der Waals surface area contributed by atoms with Crippen molar-refractivity contribution in [3.63, 3.8) is 0 Å². The fourth-order valence-corrected chi connectivity index (χ4v) is 1.88. The van der Waals surface area contributed by atoms with Crippen LogP contribution >= 0.6 is 0 Å². The molecule has 0 bridgehead atoms. The molecule has 1 aliphatic heterocycles. The van der Waals surface area contributed by atoms with Crippen LogP contribution in [-0.4, -0.2) is 38.5 Å². The molecule has 6 heteroatoms. The Morgan fingerprint density at radius 1 is 1.42 bits per heavy atom. The Bertz CT molecular complexity index is 429. The summed E-state index contributed by atoms with van der Waals surface area (Å²) in [5.41, 5.74) is 1.39. The van der Waals surface area contributed by atoms with Crippen molar-refractivity contribution in [3.8, 4) is 5.75 Å². The summed E-state index contributed by atoms with van der Waals surface area (Å²) in [4.78, 5) is 0. The summed E-state index contributed by atoms with van der Waals surface area (Å²) in [7, 11) is 1.54. The lowest BCUT2D eigenvalue weighted by Crippen LogP contribution is -2.19. The van der Waals surface area contributed by atoms with Gasteiger partial charge in [0.15, 0.2) is 13.1 Å². The molecule has 1 saturated heterocycles. The van der Waals surface area contributed by atoms with Gasteiger partial charge in [0.2, 0.25) is 0 Å². The van der Waals surface area contributed by atoms with Crippen LogP contribution in [0.2, 0.25) is 0 Å². The number of methoxy groups -OCH3 is 1. The number of hydrogen-bond donors (Lipinski definition) is 1. The Morgan fingerprint density at radius 2 is 2.21 bits per heavy atom. The van der Waals surface area contributed by atoms with Crippen LogP contribution in [0.15, 0.2) is 23.4 Å². The van der Waals surface area contributed by atoms with E-state index >= 15 is 0 Å². The van der Waals surface area contributed by atoms with Gasteiger partial charge >= 0.3 is 0 Å². The minimum atomic E-state index is -0.465. The van der Waals surface area contributed by atoms with Gasteiger partial charge < -0.3 is 24.2 Å². The van der Waals surface area contributed by atoms with E-state index in [0.29, 0.717) is 24.5 Å². The van der Waals surface area contributed by atoms with E-state index in [2.05, 4.69) is 5.16 Å². The molecule has 0 saturated carbocycles. The number of nitrogens with zero attached hydrogens (tertiary/aromatic N) is 1. The van der Waals surface area contributed by atoms with Gasteiger partial charge in [0, 0.05) is 18.2 Å². The second-order valence-corrected chi connectivity index (χ2v) is 3.98. The van der Waals surface area contributed by atoms with E-state index in [0.717, 1.165) is 12.0 Å². The molecule has 1 aromatic rings. The SMILES string of the molecule is COCOc1cccc(C2OCCCO2)c1/C=N/O. The maximum absolute atomic E-state index is 8.79. The van der Waals surface area contributed by atoms with E-state index in [9.17, 15) is 0 Å². The van der Waals surface area contributed by atoms with E-state index in [1.54, 1.807) is 6.07 Å². The van der Waals surface area contributed by atoms with E-state index in [1.165, 1.54) is 13.3 Å². The highest BCUT2D eigenvalue weighted by Crippen LogP contribution is 2.30. The number of oxime groups is 1. The highest BCUT2D eigenvalue weighted by molar-refractivity contribution is 5.85. The topological polar surface area (TPSA) is 69.5 Å². The lowest BCUT2D eigenvalue weighted by molar-refractivity contribution is -0.183. The van der Waals surface area contributed by atoms with Crippen molar-refractivity contribution in [2.45, 2.75) is 12.7 Å². The highest BCUT2D eigenvalue weighted by atomic mass is 16.7. The maximum Gasteiger partial charge on any atom is 0.188 e. The molecule has 0 aliphatic carbocycles. The van der Waals surface area contributed by atoms with Crippen LogP contribution in [0.1, 0.15) is 23.8 Å². The van der Waals surface area contributed by atoms with Crippen LogP contribution in [0, 0.1) is 0 Å². The standard InChI is InChI=1S/C13H17NO5/c1-16-9-19-12-5-2-4-10(11(12)8-14-15)13-17-6-3-7-18-13/h2,4-5,8,13,15H,3,6-7,9H2,1H3/b14-8+. The Hall–Kier alpha value is -1.63. The summed E-state index contributed by atoms with van der Waals surface area (Å²) in [6, 6.07) is 5.45. The molecule has 0 unspecified atom stereocenters. The molecule has 0 aromatic heterocycles. The number of hydrogen-bond acceptors (Lipinski definition) is 6. The van der Waals surface area contributed by atoms with Gasteiger partial charge in [0.1, 0.15) is 5.75 Å². The summed E-state index contributed by atoms with van der Waals surface area (Å²) in [5, 5.41) is 11.9. The van der Waals surface area contributed by atoms with Gasteiger partial charge in [-0.1, -0.05) is 17.3 Å². The Kier molecular flexibility index (Phi) is 5.14. The van der Waals surface area contributed by atoms with Gasteiger partial charge in [0.25, 0.3) is 0 Å². The lowest BCUT2D eigenvalue weighted by atomic mass is 10.1. The molecular weight excluding hydrogens is 250 g/mol. The van der Waals surface area contributed by atoms with Crippen LogP contribution in [0.3, 0.4) is 0 Å². The predicted molar refractivity (Wildman–Crippen MR) is 67.6 cm³/mol. The zero-order valence-electron chi connectivity index (χ0n) is 10.7.